The lowest BCUT2D eigenvalue weighted by Crippen LogP contribution is -2.35. The van der Waals surface area contributed by atoms with Crippen LogP contribution >= 0.6 is 0 Å². The summed E-state index contributed by atoms with van der Waals surface area (Å²) in [5.41, 5.74) is -0.106. The molecule has 0 heterocycles. The van der Waals surface area contributed by atoms with Crippen molar-refractivity contribution in [2.45, 2.75) is 19.4 Å². The van der Waals surface area contributed by atoms with E-state index in [1.54, 1.807) is 0 Å². The van der Waals surface area contributed by atoms with Gasteiger partial charge < -0.3 is 9.74 Å². The van der Waals surface area contributed by atoms with E-state index in [1.807, 2.05) is 20.9 Å². The van der Waals surface area contributed by atoms with Gasteiger partial charge in [0, 0.05) is 6.54 Å². The van der Waals surface area contributed by atoms with Crippen molar-refractivity contribution < 1.29 is 4.43 Å². The van der Waals surface area contributed by atoms with Gasteiger partial charge in [-0.2, -0.15) is 0 Å². The second-order valence-electron chi connectivity index (χ2n) is 2.39. The van der Waals surface area contributed by atoms with Crippen LogP contribution in [-0.4, -0.2) is 29.7 Å². The number of rotatable bonds is 3. The second kappa shape index (κ2) is 3.22. The molecule has 0 amide bonds. The molecule has 0 saturated heterocycles. The smallest absolute Gasteiger partial charge is 0.247 e. The molecule has 0 unspecified atom stereocenters. The second-order valence-corrected chi connectivity index (χ2v) is 2.60. The molecule has 0 aliphatic heterocycles. The zero-order valence-electron chi connectivity index (χ0n) is 5.62. The number of hydrogen-bond donors (Lipinski definition) is 1. The predicted molar refractivity (Wildman–Crippen MR) is 34.8 cm³/mol. The molecule has 8 heavy (non-hydrogen) atoms. The van der Waals surface area contributed by atoms with Gasteiger partial charge in [0.15, 0.2) is 0 Å². The highest BCUT2D eigenvalue weighted by Crippen LogP contribution is 2.02. The van der Waals surface area contributed by atoms with Gasteiger partial charge in [-0.05, 0) is 20.9 Å². The zero-order valence-corrected chi connectivity index (χ0v) is 6.62. The summed E-state index contributed by atoms with van der Waals surface area (Å²) < 4.78 is 4.92. The molecule has 0 aliphatic rings. The molecule has 0 fully saturated rings. The maximum Gasteiger partial charge on any atom is 0.247 e. The van der Waals surface area contributed by atoms with Gasteiger partial charge in [-0.25, -0.2) is 0 Å². The Hall–Kier alpha value is 0.137. The van der Waals surface area contributed by atoms with Crippen LogP contribution in [0.4, 0.5) is 0 Å². The molecule has 0 aromatic heterocycles. The monoisotopic (exact) mass is 130 g/mol. The molecule has 0 bridgehead atoms. The Morgan fingerprint density at radius 3 is 2.25 bits per heavy atom. The average molecular weight is 130 g/mol. The van der Waals surface area contributed by atoms with Gasteiger partial charge in [-0.15, -0.1) is 0 Å². The maximum absolute atomic E-state index is 4.92. The molecule has 0 aliphatic carbocycles. The molecular formula is C5H12NOSi. The van der Waals surface area contributed by atoms with E-state index in [0.29, 0.717) is 0 Å². The Bertz CT molecular complexity index is 65.4. The first-order chi connectivity index (χ1) is 3.62. The van der Waals surface area contributed by atoms with Gasteiger partial charge in [0.2, 0.25) is 10.5 Å². The van der Waals surface area contributed by atoms with E-state index >= 15 is 0 Å². The molecule has 0 saturated carbocycles. The molecule has 0 rings (SSSR count). The Kier molecular flexibility index (Phi) is 3.27. The minimum absolute atomic E-state index is 0.106. The predicted octanol–water partition coefficient (Wildman–Crippen LogP) is 0.0845. The lowest BCUT2D eigenvalue weighted by atomic mass is 10.1. The minimum Gasteiger partial charge on any atom is -0.412 e. The fourth-order valence-electron chi connectivity index (χ4n) is 0.462. The molecule has 3 radical (unpaired) electrons. The van der Waals surface area contributed by atoms with Crippen molar-refractivity contribution in [3.63, 3.8) is 0 Å². The summed E-state index contributed by atoms with van der Waals surface area (Å²) in [5, 5.41) is 3.00. The van der Waals surface area contributed by atoms with Crippen LogP contribution in [0.5, 0.6) is 0 Å². The fraction of sp³-hybridized carbons (Fsp3) is 1.00. The lowest BCUT2D eigenvalue weighted by Gasteiger charge is -2.22. The minimum atomic E-state index is -0.106. The van der Waals surface area contributed by atoms with E-state index in [9.17, 15) is 0 Å². The van der Waals surface area contributed by atoms with E-state index in [0.717, 1.165) is 6.54 Å². The topological polar surface area (TPSA) is 21.3 Å². The van der Waals surface area contributed by atoms with Crippen LogP contribution in [0.2, 0.25) is 0 Å². The van der Waals surface area contributed by atoms with Gasteiger partial charge in [0.25, 0.3) is 0 Å². The van der Waals surface area contributed by atoms with E-state index in [4.69, 9.17) is 4.43 Å². The number of likely N-dealkylation sites (N-methyl/N-ethyl adjacent to an activating group) is 1. The third kappa shape index (κ3) is 3.18. The van der Waals surface area contributed by atoms with Crippen molar-refractivity contribution in [2.24, 2.45) is 0 Å². The van der Waals surface area contributed by atoms with Gasteiger partial charge in [0.05, 0.1) is 5.60 Å². The molecular weight excluding hydrogens is 118 g/mol. The van der Waals surface area contributed by atoms with Crippen molar-refractivity contribution in [3.8, 4) is 0 Å². The van der Waals surface area contributed by atoms with Crippen molar-refractivity contribution in [1.82, 2.24) is 5.32 Å². The summed E-state index contributed by atoms with van der Waals surface area (Å²) in [6.07, 6.45) is 0. The summed E-state index contributed by atoms with van der Waals surface area (Å²) in [6.45, 7) is 4.84. The highest BCUT2D eigenvalue weighted by Gasteiger charge is 2.12. The molecule has 0 atom stereocenters. The Morgan fingerprint density at radius 2 is 2.12 bits per heavy atom. The van der Waals surface area contributed by atoms with Gasteiger partial charge in [-0.1, -0.05) is 0 Å². The van der Waals surface area contributed by atoms with E-state index in [2.05, 4.69) is 15.8 Å². The van der Waals surface area contributed by atoms with Crippen LogP contribution in [0.15, 0.2) is 0 Å². The zero-order chi connectivity index (χ0) is 6.62. The first-order valence-corrected chi connectivity index (χ1v) is 3.02. The lowest BCUT2D eigenvalue weighted by molar-refractivity contribution is 0.124. The quantitative estimate of drug-likeness (QED) is 0.546. The highest BCUT2D eigenvalue weighted by atomic mass is 28.2. The van der Waals surface area contributed by atoms with Crippen molar-refractivity contribution >= 4 is 10.5 Å². The first kappa shape index (κ1) is 8.14. The Labute approximate surface area is 54.2 Å². The summed E-state index contributed by atoms with van der Waals surface area (Å²) in [7, 11) is 4.87. The van der Waals surface area contributed by atoms with E-state index in [-0.39, 0.29) is 5.60 Å². The summed E-state index contributed by atoms with van der Waals surface area (Å²) in [4.78, 5) is 0. The van der Waals surface area contributed by atoms with Gasteiger partial charge >= 0.3 is 0 Å². The Balaban J connectivity index is 3.37. The van der Waals surface area contributed by atoms with E-state index in [1.165, 1.54) is 0 Å². The Morgan fingerprint density at radius 1 is 1.62 bits per heavy atom. The van der Waals surface area contributed by atoms with Crippen LogP contribution in [0.3, 0.4) is 0 Å². The van der Waals surface area contributed by atoms with Gasteiger partial charge in [-0.3, -0.25) is 0 Å². The highest BCUT2D eigenvalue weighted by molar-refractivity contribution is 5.98. The first-order valence-electron chi connectivity index (χ1n) is 2.62. The molecule has 1 N–H and O–H groups in total. The van der Waals surface area contributed by atoms with Crippen molar-refractivity contribution in [3.05, 3.63) is 0 Å². The van der Waals surface area contributed by atoms with Crippen LogP contribution in [0, 0.1) is 0 Å². The standard InChI is InChI=1S/C5H12NOSi/c1-5(2,7-8)4-6-3/h6H,4H2,1-3H3. The summed E-state index contributed by atoms with van der Waals surface area (Å²) >= 11 is 0. The van der Waals surface area contributed by atoms with Crippen molar-refractivity contribution in [2.75, 3.05) is 13.6 Å². The average Bonchev–Trinajstić information content (AvgIpc) is 1.67. The van der Waals surface area contributed by atoms with Crippen LogP contribution in [-0.2, 0) is 4.43 Å². The molecule has 0 spiro atoms. The van der Waals surface area contributed by atoms with Crippen LogP contribution in [0.25, 0.3) is 0 Å². The van der Waals surface area contributed by atoms with Crippen molar-refractivity contribution in [1.29, 1.82) is 0 Å². The number of hydrogen-bond acceptors (Lipinski definition) is 2. The molecule has 2 nitrogen and oxygen atoms in total. The van der Waals surface area contributed by atoms with Crippen LogP contribution < -0.4 is 5.32 Å². The van der Waals surface area contributed by atoms with Crippen LogP contribution in [0.1, 0.15) is 13.8 Å². The largest absolute Gasteiger partial charge is 0.412 e. The fourth-order valence-corrected chi connectivity index (χ4v) is 0.534. The van der Waals surface area contributed by atoms with Gasteiger partial charge in [0.1, 0.15) is 0 Å². The SMILES string of the molecule is CNCC(C)(C)O[Si]. The third-order valence-electron chi connectivity index (χ3n) is 0.879. The molecule has 0 aromatic rings. The molecule has 3 heteroatoms. The summed E-state index contributed by atoms with van der Waals surface area (Å²) in [6, 6.07) is 0. The number of nitrogens with one attached hydrogen (secondary N) is 1. The normalized spacial score (nSPS) is 12.0. The van der Waals surface area contributed by atoms with E-state index < -0.39 is 0 Å². The third-order valence-corrected chi connectivity index (χ3v) is 1.43. The maximum atomic E-state index is 4.92. The molecule has 47 valence electrons. The molecule has 0 aromatic carbocycles. The summed E-state index contributed by atoms with van der Waals surface area (Å²) in [5.74, 6) is 0.